The summed E-state index contributed by atoms with van der Waals surface area (Å²) < 4.78 is 66.1. The molecule has 0 spiro atoms. The lowest BCUT2D eigenvalue weighted by Gasteiger charge is -2.33. The lowest BCUT2D eigenvalue weighted by molar-refractivity contribution is 0.171. The Balaban J connectivity index is 1.22. The lowest BCUT2D eigenvalue weighted by atomic mass is 10.1. The average molecular weight is 808 g/mol. The van der Waals surface area contributed by atoms with Crippen LogP contribution in [0.2, 0.25) is 0 Å². The number of sulfonamides is 2. The predicted molar refractivity (Wildman–Crippen MR) is 197 cm³/mol. The minimum absolute atomic E-state index is 0.0262. The second kappa shape index (κ2) is 13.1. The first-order valence-corrected chi connectivity index (χ1v) is 19.7. The molecule has 48 heavy (non-hydrogen) atoms. The first-order chi connectivity index (χ1) is 23.1. The Morgan fingerprint density at radius 2 is 1.10 bits per heavy atom. The zero-order valence-electron chi connectivity index (χ0n) is 25.4. The van der Waals surface area contributed by atoms with Crippen LogP contribution in [0.3, 0.4) is 0 Å². The number of hydrogen-bond acceptors (Lipinski definition) is 7. The van der Waals surface area contributed by atoms with Gasteiger partial charge in [0.2, 0.25) is 0 Å². The summed E-state index contributed by atoms with van der Waals surface area (Å²) in [6, 6.07) is 30.3. The minimum atomic E-state index is -4.62. The average Bonchev–Trinajstić information content (AvgIpc) is 3.09. The van der Waals surface area contributed by atoms with Crippen LogP contribution in [0.25, 0.3) is 21.5 Å². The third-order valence-corrected chi connectivity index (χ3v) is 13.6. The molecule has 0 saturated carbocycles. The van der Waals surface area contributed by atoms with Gasteiger partial charge in [-0.25, -0.2) is 16.8 Å². The SMILES string of the molecule is O=S(=O)(c1ccc2cc(Br)ccc2c1)N(c1ccc(OC2CCN(c3ccncc3)CC2)cc1)S(=O)(=O)c1ccc2cc(Br)ccc2c1. The number of fused-ring (bicyclic) bond motifs is 2. The van der Waals surface area contributed by atoms with Gasteiger partial charge in [-0.05, 0) is 106 Å². The molecule has 0 unspecified atom stereocenters. The van der Waals surface area contributed by atoms with E-state index in [0.717, 1.165) is 51.3 Å². The smallest absolute Gasteiger partial charge is 0.277 e. The molecule has 1 aliphatic rings. The van der Waals surface area contributed by atoms with Crippen molar-refractivity contribution in [3.05, 3.63) is 131 Å². The third kappa shape index (κ3) is 6.54. The zero-order valence-corrected chi connectivity index (χ0v) is 30.2. The van der Waals surface area contributed by atoms with Crippen LogP contribution < -0.4 is 13.3 Å². The molecule has 8 nitrogen and oxygen atoms in total. The number of aromatic nitrogens is 1. The van der Waals surface area contributed by atoms with E-state index in [2.05, 4.69) is 41.7 Å². The summed E-state index contributed by atoms with van der Waals surface area (Å²) in [5.74, 6) is 0.531. The van der Waals surface area contributed by atoms with Crippen LogP contribution in [0, 0.1) is 0 Å². The van der Waals surface area contributed by atoms with Gasteiger partial charge in [-0.15, -0.1) is 0 Å². The van der Waals surface area contributed by atoms with Crippen LogP contribution in [0.5, 0.6) is 5.75 Å². The monoisotopic (exact) mass is 805 g/mol. The number of pyridine rings is 1. The van der Waals surface area contributed by atoms with Crippen molar-refractivity contribution in [1.82, 2.24) is 4.98 Å². The maximum Gasteiger partial charge on any atom is 0.277 e. The quantitative estimate of drug-likeness (QED) is 0.152. The summed E-state index contributed by atoms with van der Waals surface area (Å²) in [4.78, 5) is 6.09. The largest absolute Gasteiger partial charge is 0.490 e. The van der Waals surface area contributed by atoms with Crippen molar-refractivity contribution < 1.29 is 21.6 Å². The molecule has 2 heterocycles. The Hall–Kier alpha value is -3.97. The van der Waals surface area contributed by atoms with Crippen LogP contribution in [-0.2, 0) is 20.0 Å². The first-order valence-electron chi connectivity index (χ1n) is 15.2. The molecule has 1 aliphatic heterocycles. The fourth-order valence-corrected chi connectivity index (χ4v) is 10.5. The predicted octanol–water partition coefficient (Wildman–Crippen LogP) is 8.55. The highest BCUT2D eigenvalue weighted by Crippen LogP contribution is 2.35. The van der Waals surface area contributed by atoms with E-state index in [9.17, 15) is 16.8 Å². The molecule has 0 bridgehead atoms. The van der Waals surface area contributed by atoms with Gasteiger partial charge in [0.05, 0.1) is 15.5 Å². The molecule has 1 aromatic heterocycles. The fraction of sp³-hybridized carbons (Fsp3) is 0.139. The van der Waals surface area contributed by atoms with Crippen molar-refractivity contribution in [2.45, 2.75) is 28.7 Å². The summed E-state index contributed by atoms with van der Waals surface area (Å²) in [7, 11) is -9.24. The van der Waals surface area contributed by atoms with Gasteiger partial charge in [-0.1, -0.05) is 56.1 Å². The number of hydrogen-bond donors (Lipinski definition) is 0. The Labute approximate surface area is 296 Å². The number of ether oxygens (including phenoxy) is 1. The molecule has 0 radical (unpaired) electrons. The highest BCUT2D eigenvalue weighted by Gasteiger charge is 2.37. The van der Waals surface area contributed by atoms with E-state index in [0.29, 0.717) is 20.2 Å². The Bertz CT molecular complexity index is 2230. The summed E-state index contributed by atoms with van der Waals surface area (Å²) in [6.45, 7) is 1.64. The van der Waals surface area contributed by atoms with Crippen molar-refractivity contribution in [3.8, 4) is 5.75 Å². The molecular weight excluding hydrogens is 778 g/mol. The van der Waals surface area contributed by atoms with Crippen LogP contribution >= 0.6 is 31.9 Å². The van der Waals surface area contributed by atoms with E-state index in [1.54, 1.807) is 48.8 Å². The van der Waals surface area contributed by atoms with Gasteiger partial charge >= 0.3 is 0 Å². The Morgan fingerprint density at radius 1 is 0.625 bits per heavy atom. The van der Waals surface area contributed by atoms with Crippen molar-refractivity contribution in [1.29, 1.82) is 0 Å². The van der Waals surface area contributed by atoms with Gasteiger partial charge in [-0.2, -0.15) is 3.71 Å². The van der Waals surface area contributed by atoms with E-state index < -0.39 is 20.0 Å². The molecule has 1 fully saturated rings. The van der Waals surface area contributed by atoms with Crippen molar-refractivity contribution >= 4 is 84.8 Å². The van der Waals surface area contributed by atoms with Gasteiger partial charge in [-0.3, -0.25) is 4.98 Å². The molecule has 0 aliphatic carbocycles. The number of piperidine rings is 1. The number of halogens is 2. The summed E-state index contributed by atoms with van der Waals surface area (Å²) in [5.41, 5.74) is 1.09. The van der Waals surface area contributed by atoms with Gasteiger partial charge < -0.3 is 9.64 Å². The van der Waals surface area contributed by atoms with Gasteiger partial charge in [0.1, 0.15) is 11.9 Å². The number of nitrogens with zero attached hydrogens (tertiary/aromatic N) is 3. The standard InChI is InChI=1S/C36H29Br2N3O5S2/c37-29-5-1-27-23-35(11-3-25(27)21-29)47(42,43)41(48(44,45)36-12-4-26-22-30(38)6-2-28(26)24-36)32-7-9-33(10-8-32)46-34-15-19-40(20-16-34)31-13-17-39-18-14-31/h1-14,17-18,21-24,34H,15-16,19-20H2. The summed E-state index contributed by atoms with van der Waals surface area (Å²) >= 11 is 6.89. The highest BCUT2D eigenvalue weighted by atomic mass is 79.9. The van der Waals surface area contributed by atoms with E-state index in [-0.39, 0.29) is 21.6 Å². The molecule has 6 aromatic rings. The number of anilines is 2. The third-order valence-electron chi connectivity index (χ3n) is 8.40. The lowest BCUT2D eigenvalue weighted by Crippen LogP contribution is -2.38. The fourth-order valence-electron chi connectivity index (χ4n) is 5.93. The van der Waals surface area contributed by atoms with Gasteiger partial charge in [0.15, 0.2) is 0 Å². The highest BCUT2D eigenvalue weighted by molar-refractivity contribution is 9.10. The maximum absolute atomic E-state index is 14.4. The van der Waals surface area contributed by atoms with E-state index >= 15 is 0 Å². The van der Waals surface area contributed by atoms with Crippen molar-refractivity contribution in [2.24, 2.45) is 0 Å². The zero-order chi connectivity index (χ0) is 33.5. The van der Waals surface area contributed by atoms with Crippen LogP contribution in [0.15, 0.2) is 140 Å². The van der Waals surface area contributed by atoms with E-state index in [1.807, 2.05) is 36.4 Å². The van der Waals surface area contributed by atoms with Crippen LogP contribution in [-0.4, -0.2) is 41.0 Å². The van der Waals surface area contributed by atoms with Crippen molar-refractivity contribution in [2.75, 3.05) is 21.7 Å². The van der Waals surface area contributed by atoms with E-state index in [4.69, 9.17) is 4.74 Å². The van der Waals surface area contributed by atoms with Gasteiger partial charge in [0, 0.05) is 53.0 Å². The van der Waals surface area contributed by atoms with Gasteiger partial charge in [0.25, 0.3) is 20.0 Å². The molecule has 7 rings (SSSR count). The molecule has 12 heteroatoms. The molecule has 1 saturated heterocycles. The first kappa shape index (κ1) is 32.6. The summed E-state index contributed by atoms with van der Waals surface area (Å²) in [6.07, 6.45) is 5.13. The van der Waals surface area contributed by atoms with E-state index in [1.165, 1.54) is 36.4 Å². The molecule has 244 valence electrons. The minimum Gasteiger partial charge on any atom is -0.490 e. The molecule has 0 N–H and O–H groups in total. The molecule has 5 aromatic carbocycles. The Morgan fingerprint density at radius 3 is 1.62 bits per heavy atom. The number of rotatable bonds is 8. The summed E-state index contributed by atoms with van der Waals surface area (Å²) in [5, 5.41) is 2.94. The maximum atomic E-state index is 14.4. The second-order valence-electron chi connectivity index (χ2n) is 11.5. The molecular formula is C36H29Br2N3O5S2. The Kier molecular flexibility index (Phi) is 8.92. The normalized spacial score (nSPS) is 14.3. The molecule has 0 amide bonds. The van der Waals surface area contributed by atoms with Crippen LogP contribution in [0.4, 0.5) is 11.4 Å². The van der Waals surface area contributed by atoms with Crippen LogP contribution in [0.1, 0.15) is 12.8 Å². The topological polar surface area (TPSA) is 96.9 Å². The molecule has 0 atom stereocenters. The number of benzene rings is 5. The second-order valence-corrected chi connectivity index (χ2v) is 17.2. The van der Waals surface area contributed by atoms with Crippen molar-refractivity contribution in [3.63, 3.8) is 0 Å².